The summed E-state index contributed by atoms with van der Waals surface area (Å²) in [4.78, 5) is 17.9. The molecular formula is C25H25N5O6S2. The first-order valence-corrected chi connectivity index (χ1v) is 14.6. The summed E-state index contributed by atoms with van der Waals surface area (Å²) in [5.74, 6) is 4.64. The topological polar surface area (TPSA) is 176 Å². The summed E-state index contributed by atoms with van der Waals surface area (Å²) in [5, 5.41) is 12.5. The maximum absolute atomic E-state index is 13.3. The molecule has 0 saturated carbocycles. The lowest BCUT2D eigenvalue weighted by Gasteiger charge is -2.14. The van der Waals surface area contributed by atoms with Crippen LogP contribution in [0.1, 0.15) is 21.7 Å². The van der Waals surface area contributed by atoms with Crippen molar-refractivity contribution >= 4 is 31.5 Å². The minimum atomic E-state index is -3.93. The molecule has 0 atom stereocenters. The van der Waals surface area contributed by atoms with E-state index in [4.69, 9.17) is 11.0 Å². The zero-order chi connectivity index (χ0) is 27.7. The van der Waals surface area contributed by atoms with E-state index in [1.165, 1.54) is 22.9 Å². The van der Waals surface area contributed by atoms with Crippen LogP contribution < -0.4 is 16.4 Å². The molecule has 1 aromatic heterocycles. The number of anilines is 1. The standard InChI is InChI=1S/C25H25N5O6S2/c1-16-13-22(30(29-16)21-14-17(15-36-26)7-12-24(21)37(2,32)33)25(31)28-19-10-8-18(9-11-19)20-5-3-4-6-23(20)38(27,34)35/h3-14H,15,26H2,1-2H3,(H,28,31)(H2,27,34,35). The normalized spacial score (nSPS) is 11.9. The summed E-state index contributed by atoms with van der Waals surface area (Å²) >= 11 is 0. The van der Waals surface area contributed by atoms with Gasteiger partial charge in [-0.3, -0.25) is 9.63 Å². The van der Waals surface area contributed by atoms with E-state index in [2.05, 4.69) is 15.3 Å². The second-order valence-electron chi connectivity index (χ2n) is 8.54. The Morgan fingerprint density at radius 1 is 0.974 bits per heavy atom. The molecule has 0 spiro atoms. The molecule has 0 aliphatic heterocycles. The van der Waals surface area contributed by atoms with Crippen molar-refractivity contribution < 1.29 is 26.5 Å². The molecule has 0 saturated heterocycles. The molecule has 38 heavy (non-hydrogen) atoms. The maximum atomic E-state index is 13.3. The molecule has 0 radical (unpaired) electrons. The van der Waals surface area contributed by atoms with Gasteiger partial charge >= 0.3 is 0 Å². The first-order valence-electron chi connectivity index (χ1n) is 11.1. The number of sulfone groups is 1. The van der Waals surface area contributed by atoms with Crippen LogP contribution in [0.25, 0.3) is 16.8 Å². The second kappa shape index (κ2) is 10.5. The summed E-state index contributed by atoms with van der Waals surface area (Å²) in [6.45, 7) is 1.71. The number of aryl methyl sites for hydroxylation is 1. The third-order valence-electron chi connectivity index (χ3n) is 5.61. The van der Waals surface area contributed by atoms with E-state index in [9.17, 15) is 21.6 Å². The van der Waals surface area contributed by atoms with Gasteiger partial charge in [0, 0.05) is 17.5 Å². The molecule has 0 bridgehead atoms. The van der Waals surface area contributed by atoms with Gasteiger partial charge in [0.05, 0.1) is 27.8 Å². The Balaban J connectivity index is 1.68. The summed E-state index contributed by atoms with van der Waals surface area (Å²) in [6, 6.07) is 18.9. The fraction of sp³-hybridized carbons (Fsp3) is 0.120. The number of hydrogen-bond acceptors (Lipinski definition) is 8. The van der Waals surface area contributed by atoms with Gasteiger partial charge in [-0.25, -0.2) is 32.6 Å². The van der Waals surface area contributed by atoms with E-state index >= 15 is 0 Å². The quantitative estimate of drug-likeness (QED) is 0.278. The van der Waals surface area contributed by atoms with Crippen LogP contribution in [0.3, 0.4) is 0 Å². The Hall–Kier alpha value is -3.88. The van der Waals surface area contributed by atoms with Crippen molar-refractivity contribution in [2.45, 2.75) is 23.3 Å². The number of sulfonamides is 1. The number of carbonyl (C=O) groups excluding carboxylic acids is 1. The molecule has 0 aliphatic carbocycles. The smallest absolute Gasteiger partial charge is 0.274 e. The molecule has 5 N–H and O–H groups in total. The van der Waals surface area contributed by atoms with Crippen molar-refractivity contribution in [1.82, 2.24) is 9.78 Å². The largest absolute Gasteiger partial charge is 0.321 e. The van der Waals surface area contributed by atoms with Crippen LogP contribution in [0.4, 0.5) is 5.69 Å². The van der Waals surface area contributed by atoms with Crippen molar-refractivity contribution in [2.75, 3.05) is 11.6 Å². The van der Waals surface area contributed by atoms with Gasteiger partial charge in [-0.15, -0.1) is 0 Å². The van der Waals surface area contributed by atoms with Gasteiger partial charge in [0.1, 0.15) is 5.69 Å². The van der Waals surface area contributed by atoms with Gasteiger partial charge < -0.3 is 5.32 Å². The number of hydrogen-bond donors (Lipinski definition) is 3. The van der Waals surface area contributed by atoms with Crippen molar-refractivity contribution in [2.24, 2.45) is 11.0 Å². The number of aromatic nitrogens is 2. The highest BCUT2D eigenvalue weighted by molar-refractivity contribution is 7.90. The summed E-state index contributed by atoms with van der Waals surface area (Å²) in [7, 11) is -7.60. The maximum Gasteiger partial charge on any atom is 0.274 e. The van der Waals surface area contributed by atoms with E-state index in [-0.39, 0.29) is 27.8 Å². The van der Waals surface area contributed by atoms with Gasteiger partial charge in [-0.2, -0.15) is 5.10 Å². The van der Waals surface area contributed by atoms with Gasteiger partial charge in [0.25, 0.3) is 5.91 Å². The minimum absolute atomic E-state index is 0.0138. The first kappa shape index (κ1) is 27.2. The molecule has 198 valence electrons. The van der Waals surface area contributed by atoms with Crippen molar-refractivity contribution in [3.63, 3.8) is 0 Å². The summed E-state index contributed by atoms with van der Waals surface area (Å²) < 4.78 is 50.1. The van der Waals surface area contributed by atoms with E-state index in [0.29, 0.717) is 28.1 Å². The highest BCUT2D eigenvalue weighted by Gasteiger charge is 2.22. The highest BCUT2D eigenvalue weighted by atomic mass is 32.2. The Kier molecular flexibility index (Phi) is 7.49. The zero-order valence-corrected chi connectivity index (χ0v) is 22.1. The van der Waals surface area contributed by atoms with E-state index in [1.807, 2.05) is 0 Å². The fourth-order valence-electron chi connectivity index (χ4n) is 3.95. The van der Waals surface area contributed by atoms with Crippen LogP contribution in [0.15, 0.2) is 82.6 Å². The average Bonchev–Trinajstić information content (AvgIpc) is 3.25. The lowest BCUT2D eigenvalue weighted by Crippen LogP contribution is -2.18. The van der Waals surface area contributed by atoms with Gasteiger partial charge in [0.2, 0.25) is 10.0 Å². The fourth-order valence-corrected chi connectivity index (χ4v) is 5.56. The van der Waals surface area contributed by atoms with Crippen LogP contribution in [0.5, 0.6) is 0 Å². The van der Waals surface area contributed by atoms with Crippen LogP contribution in [0.2, 0.25) is 0 Å². The van der Waals surface area contributed by atoms with E-state index in [0.717, 1.165) is 6.26 Å². The van der Waals surface area contributed by atoms with Crippen LogP contribution in [0, 0.1) is 6.92 Å². The third-order valence-corrected chi connectivity index (χ3v) is 7.73. The first-order chi connectivity index (χ1) is 17.9. The van der Waals surface area contributed by atoms with Crippen molar-refractivity contribution in [3.8, 4) is 16.8 Å². The van der Waals surface area contributed by atoms with Crippen molar-refractivity contribution in [3.05, 3.63) is 89.7 Å². The number of nitrogens with zero attached hydrogens (tertiary/aromatic N) is 2. The lowest BCUT2D eigenvalue weighted by molar-refractivity contribution is 0.101. The second-order valence-corrected chi connectivity index (χ2v) is 12.1. The summed E-state index contributed by atoms with van der Waals surface area (Å²) in [6.07, 6.45) is 1.07. The van der Waals surface area contributed by atoms with E-state index < -0.39 is 25.8 Å². The SMILES string of the molecule is Cc1cc(C(=O)Nc2ccc(-c3ccccc3S(N)(=O)=O)cc2)n(-c2cc(CON)ccc2S(C)(=O)=O)n1. The van der Waals surface area contributed by atoms with Gasteiger partial charge in [-0.05, 0) is 54.4 Å². The minimum Gasteiger partial charge on any atom is -0.321 e. The van der Waals surface area contributed by atoms with Crippen LogP contribution in [-0.2, 0) is 31.3 Å². The molecule has 0 fully saturated rings. The lowest BCUT2D eigenvalue weighted by atomic mass is 10.1. The molecule has 3 aromatic carbocycles. The number of nitrogens with two attached hydrogens (primary N) is 2. The van der Waals surface area contributed by atoms with Gasteiger partial charge in [0.15, 0.2) is 9.84 Å². The van der Waals surface area contributed by atoms with Gasteiger partial charge in [-0.1, -0.05) is 36.4 Å². The number of benzene rings is 3. The number of primary sulfonamides is 1. The third kappa shape index (κ3) is 5.82. The molecule has 13 heteroatoms. The molecule has 11 nitrogen and oxygen atoms in total. The Morgan fingerprint density at radius 3 is 2.29 bits per heavy atom. The molecule has 4 aromatic rings. The molecule has 0 aliphatic rings. The van der Waals surface area contributed by atoms with E-state index in [1.54, 1.807) is 61.5 Å². The predicted octanol–water partition coefficient (Wildman–Crippen LogP) is 2.54. The average molecular weight is 556 g/mol. The number of amides is 1. The highest BCUT2D eigenvalue weighted by Crippen LogP contribution is 2.28. The van der Waals surface area contributed by atoms with Crippen LogP contribution >= 0.6 is 0 Å². The summed E-state index contributed by atoms with van der Waals surface area (Å²) in [5.41, 5.74) is 2.79. The Bertz CT molecular complexity index is 1730. The number of carbonyl (C=O) groups is 1. The monoisotopic (exact) mass is 555 g/mol. The molecular weight excluding hydrogens is 530 g/mol. The zero-order valence-electron chi connectivity index (χ0n) is 20.5. The van der Waals surface area contributed by atoms with Crippen molar-refractivity contribution in [1.29, 1.82) is 0 Å². The predicted molar refractivity (Wildman–Crippen MR) is 142 cm³/mol. The van der Waals surface area contributed by atoms with Crippen LogP contribution in [-0.4, -0.2) is 38.8 Å². The Labute approximate surface area is 220 Å². The molecule has 1 heterocycles. The Morgan fingerprint density at radius 2 is 1.66 bits per heavy atom. The molecule has 1 amide bonds. The number of rotatable bonds is 8. The molecule has 0 unspecified atom stereocenters. The molecule has 4 rings (SSSR count). The number of nitrogens with one attached hydrogen (secondary N) is 1.